The van der Waals surface area contributed by atoms with Crippen molar-refractivity contribution in [2.45, 2.75) is 6.92 Å². The van der Waals surface area contributed by atoms with Gasteiger partial charge in [-0.25, -0.2) is 4.39 Å². The number of nitriles is 1. The van der Waals surface area contributed by atoms with Gasteiger partial charge in [-0.1, -0.05) is 0 Å². The molecule has 1 N–H and O–H groups in total. The summed E-state index contributed by atoms with van der Waals surface area (Å²) in [6.07, 6.45) is 1.63. The fraction of sp³-hybridized carbons (Fsp3) is 0.0769. The third-order valence-corrected chi connectivity index (χ3v) is 2.29. The summed E-state index contributed by atoms with van der Waals surface area (Å²) in [6, 6.07) is 9.84. The summed E-state index contributed by atoms with van der Waals surface area (Å²) in [7, 11) is 0. The molecule has 84 valence electrons. The molecule has 0 fully saturated rings. The van der Waals surface area contributed by atoms with E-state index in [4.69, 9.17) is 5.26 Å². The molecular formula is C13H10FN3. The number of hydrogen-bond donors (Lipinski definition) is 1. The van der Waals surface area contributed by atoms with Crippen molar-refractivity contribution in [3.05, 3.63) is 53.6 Å². The molecule has 0 unspecified atom stereocenters. The van der Waals surface area contributed by atoms with Gasteiger partial charge in [0.25, 0.3) is 0 Å². The Morgan fingerprint density at radius 2 is 2.12 bits per heavy atom. The zero-order valence-corrected chi connectivity index (χ0v) is 9.24. The molecule has 2 aromatic rings. The Hall–Kier alpha value is -2.41. The van der Waals surface area contributed by atoms with E-state index in [9.17, 15) is 4.39 Å². The van der Waals surface area contributed by atoms with E-state index in [1.807, 2.05) is 25.1 Å². The summed E-state index contributed by atoms with van der Waals surface area (Å²) in [4.78, 5) is 4.10. The number of pyridine rings is 1. The first-order chi connectivity index (χ1) is 8.19. The fourth-order valence-electron chi connectivity index (χ4n) is 1.38. The molecule has 0 atom stereocenters. The van der Waals surface area contributed by atoms with Crippen LogP contribution in [0.5, 0.6) is 0 Å². The third-order valence-electron chi connectivity index (χ3n) is 2.29. The molecule has 0 saturated carbocycles. The van der Waals surface area contributed by atoms with Gasteiger partial charge in [-0.3, -0.25) is 4.98 Å². The van der Waals surface area contributed by atoms with Gasteiger partial charge in [-0.05, 0) is 37.3 Å². The van der Waals surface area contributed by atoms with Gasteiger partial charge >= 0.3 is 0 Å². The number of benzene rings is 1. The Morgan fingerprint density at radius 3 is 2.71 bits per heavy atom. The van der Waals surface area contributed by atoms with Crippen LogP contribution < -0.4 is 5.32 Å². The zero-order chi connectivity index (χ0) is 12.3. The van der Waals surface area contributed by atoms with E-state index in [2.05, 4.69) is 10.3 Å². The van der Waals surface area contributed by atoms with Crippen LogP contribution in [0.4, 0.5) is 15.8 Å². The van der Waals surface area contributed by atoms with Crippen LogP contribution in [-0.2, 0) is 0 Å². The maximum atomic E-state index is 13.6. The predicted octanol–water partition coefficient (Wildman–Crippen LogP) is 3.14. The van der Waals surface area contributed by atoms with Crippen molar-refractivity contribution in [3.8, 4) is 6.07 Å². The molecule has 3 nitrogen and oxygen atoms in total. The highest BCUT2D eigenvalue weighted by atomic mass is 19.1. The molecule has 2 rings (SSSR count). The number of nitrogens with one attached hydrogen (secondary N) is 1. The van der Waals surface area contributed by atoms with E-state index in [0.717, 1.165) is 5.69 Å². The van der Waals surface area contributed by atoms with Crippen LogP contribution >= 0.6 is 0 Å². The van der Waals surface area contributed by atoms with Crippen molar-refractivity contribution >= 4 is 11.4 Å². The molecule has 0 radical (unpaired) electrons. The smallest absolute Gasteiger partial charge is 0.147 e. The average Bonchev–Trinajstić information content (AvgIpc) is 2.34. The predicted molar refractivity (Wildman–Crippen MR) is 63.4 cm³/mol. The van der Waals surface area contributed by atoms with Crippen molar-refractivity contribution in [2.24, 2.45) is 0 Å². The number of hydrogen-bond acceptors (Lipinski definition) is 3. The topological polar surface area (TPSA) is 48.7 Å². The number of anilines is 2. The summed E-state index contributed by atoms with van der Waals surface area (Å²) in [5.74, 6) is -0.454. The monoisotopic (exact) mass is 227 g/mol. The Balaban J connectivity index is 2.25. The third kappa shape index (κ3) is 2.58. The normalized spacial score (nSPS) is 9.71. The first kappa shape index (κ1) is 11.1. The molecule has 0 amide bonds. The van der Waals surface area contributed by atoms with Gasteiger partial charge in [0.05, 0.1) is 29.2 Å². The molecule has 1 aromatic heterocycles. The number of nitrogens with zero attached hydrogens (tertiary/aromatic N) is 2. The van der Waals surface area contributed by atoms with Crippen molar-refractivity contribution < 1.29 is 4.39 Å². The van der Waals surface area contributed by atoms with Crippen LogP contribution in [0.2, 0.25) is 0 Å². The summed E-state index contributed by atoms with van der Waals surface area (Å²) in [6.45, 7) is 1.88. The van der Waals surface area contributed by atoms with Gasteiger partial charge in [0, 0.05) is 5.69 Å². The van der Waals surface area contributed by atoms with Crippen molar-refractivity contribution in [2.75, 3.05) is 5.32 Å². The summed E-state index contributed by atoms with van der Waals surface area (Å²) >= 11 is 0. The number of rotatable bonds is 2. The molecular weight excluding hydrogens is 217 g/mol. The van der Waals surface area contributed by atoms with E-state index in [-0.39, 0.29) is 0 Å². The van der Waals surface area contributed by atoms with Crippen LogP contribution in [0.15, 0.2) is 36.5 Å². The molecule has 0 bridgehead atoms. The number of aryl methyl sites for hydroxylation is 1. The second-order valence-electron chi connectivity index (χ2n) is 3.62. The minimum absolute atomic E-state index is 0.301. The number of halogens is 1. The van der Waals surface area contributed by atoms with Crippen LogP contribution in [0.3, 0.4) is 0 Å². The lowest BCUT2D eigenvalue weighted by atomic mass is 10.2. The lowest BCUT2D eigenvalue weighted by Gasteiger charge is -2.07. The lowest BCUT2D eigenvalue weighted by Crippen LogP contribution is -1.95. The van der Waals surface area contributed by atoms with Crippen LogP contribution in [0, 0.1) is 24.1 Å². The summed E-state index contributed by atoms with van der Waals surface area (Å²) < 4.78 is 13.6. The maximum Gasteiger partial charge on any atom is 0.147 e. The van der Waals surface area contributed by atoms with Gasteiger partial charge in [0.2, 0.25) is 0 Å². The molecule has 4 heteroatoms. The Labute approximate surface area is 98.5 Å². The van der Waals surface area contributed by atoms with E-state index in [1.54, 1.807) is 12.3 Å². The summed E-state index contributed by atoms with van der Waals surface area (Å²) in [5.41, 5.74) is 2.24. The Morgan fingerprint density at radius 1 is 1.29 bits per heavy atom. The van der Waals surface area contributed by atoms with Gasteiger partial charge in [-0.15, -0.1) is 0 Å². The zero-order valence-electron chi connectivity index (χ0n) is 9.24. The van der Waals surface area contributed by atoms with Crippen LogP contribution in [0.1, 0.15) is 11.3 Å². The molecule has 0 saturated heterocycles. The SMILES string of the molecule is Cc1ccc(Nc2ccc(C#N)cc2F)cn1. The van der Waals surface area contributed by atoms with Crippen LogP contribution in [-0.4, -0.2) is 4.98 Å². The largest absolute Gasteiger partial charge is 0.352 e. The average molecular weight is 227 g/mol. The Kier molecular flexibility index (Phi) is 3.01. The second-order valence-corrected chi connectivity index (χ2v) is 3.62. The van der Waals surface area contributed by atoms with Crippen molar-refractivity contribution in [1.82, 2.24) is 4.98 Å². The minimum Gasteiger partial charge on any atom is -0.352 e. The highest BCUT2D eigenvalue weighted by molar-refractivity contribution is 5.60. The minimum atomic E-state index is -0.454. The van der Waals surface area contributed by atoms with E-state index < -0.39 is 5.82 Å². The first-order valence-corrected chi connectivity index (χ1v) is 5.08. The maximum absolute atomic E-state index is 13.6. The quantitative estimate of drug-likeness (QED) is 0.857. The molecule has 0 aliphatic heterocycles. The first-order valence-electron chi connectivity index (χ1n) is 5.08. The standard InChI is InChI=1S/C13H10FN3/c1-9-2-4-11(8-16-9)17-13-5-3-10(7-15)6-12(13)14/h2-6,8,17H,1H3. The van der Waals surface area contributed by atoms with Crippen molar-refractivity contribution in [3.63, 3.8) is 0 Å². The van der Waals surface area contributed by atoms with Gasteiger partial charge in [-0.2, -0.15) is 5.26 Å². The van der Waals surface area contributed by atoms with E-state index >= 15 is 0 Å². The lowest BCUT2D eigenvalue weighted by molar-refractivity contribution is 0.631. The van der Waals surface area contributed by atoms with Gasteiger partial charge < -0.3 is 5.32 Å². The van der Waals surface area contributed by atoms with Crippen LogP contribution in [0.25, 0.3) is 0 Å². The molecule has 1 heterocycles. The Bertz CT molecular complexity index is 570. The highest BCUT2D eigenvalue weighted by Crippen LogP contribution is 2.20. The van der Waals surface area contributed by atoms with E-state index in [1.165, 1.54) is 12.1 Å². The van der Waals surface area contributed by atoms with E-state index in [0.29, 0.717) is 16.9 Å². The summed E-state index contributed by atoms with van der Waals surface area (Å²) in [5, 5.41) is 11.5. The molecule has 1 aromatic carbocycles. The molecule has 0 spiro atoms. The second kappa shape index (κ2) is 4.62. The van der Waals surface area contributed by atoms with Crippen molar-refractivity contribution in [1.29, 1.82) is 5.26 Å². The van der Waals surface area contributed by atoms with Gasteiger partial charge in [0.1, 0.15) is 5.82 Å². The fourth-order valence-corrected chi connectivity index (χ4v) is 1.38. The molecule has 17 heavy (non-hydrogen) atoms. The molecule has 0 aliphatic rings. The highest BCUT2D eigenvalue weighted by Gasteiger charge is 2.03. The number of aromatic nitrogens is 1. The van der Waals surface area contributed by atoms with Gasteiger partial charge in [0.15, 0.2) is 0 Å². The molecule has 0 aliphatic carbocycles.